The summed E-state index contributed by atoms with van der Waals surface area (Å²) in [6.45, 7) is 4.24. The van der Waals surface area contributed by atoms with E-state index < -0.39 is 12.0 Å². The second-order valence-electron chi connectivity index (χ2n) is 7.47. The third-order valence-electron chi connectivity index (χ3n) is 4.77. The van der Waals surface area contributed by atoms with Crippen molar-refractivity contribution in [1.82, 2.24) is 10.2 Å². The van der Waals surface area contributed by atoms with Crippen molar-refractivity contribution >= 4 is 17.8 Å². The van der Waals surface area contributed by atoms with Crippen molar-refractivity contribution in [3.63, 3.8) is 0 Å². The minimum absolute atomic E-state index is 0.0324. The highest BCUT2D eigenvalue weighted by molar-refractivity contribution is 5.89. The Morgan fingerprint density at radius 2 is 1.97 bits per heavy atom. The van der Waals surface area contributed by atoms with Gasteiger partial charge in [-0.1, -0.05) is 30.3 Å². The molecule has 3 rings (SSSR count). The Kier molecular flexibility index (Phi) is 6.69. The number of likely N-dealkylation sites (tertiary alicyclic amines) is 1. The van der Waals surface area contributed by atoms with Crippen LogP contribution in [0.5, 0.6) is 0 Å². The highest BCUT2D eigenvalue weighted by Gasteiger charge is 2.35. The lowest BCUT2D eigenvalue weighted by Gasteiger charge is -2.21. The van der Waals surface area contributed by atoms with Gasteiger partial charge in [0.2, 0.25) is 11.8 Å². The third-order valence-corrected chi connectivity index (χ3v) is 4.77. The zero-order valence-electron chi connectivity index (χ0n) is 16.7. The molecule has 0 bridgehead atoms. The van der Waals surface area contributed by atoms with Gasteiger partial charge in [0.25, 0.3) is 0 Å². The van der Waals surface area contributed by atoms with Crippen LogP contribution in [0.3, 0.4) is 0 Å². The summed E-state index contributed by atoms with van der Waals surface area (Å²) in [4.78, 5) is 39.0. The first kappa shape index (κ1) is 20.6. The van der Waals surface area contributed by atoms with E-state index in [9.17, 15) is 14.4 Å². The van der Waals surface area contributed by atoms with Gasteiger partial charge >= 0.3 is 5.97 Å². The van der Waals surface area contributed by atoms with Gasteiger partial charge in [-0.25, -0.2) is 0 Å². The van der Waals surface area contributed by atoms with Crippen LogP contribution >= 0.6 is 0 Å². The van der Waals surface area contributed by atoms with Crippen molar-refractivity contribution in [3.8, 4) is 0 Å². The Morgan fingerprint density at radius 3 is 2.62 bits per heavy atom. The molecule has 1 aliphatic rings. The number of furan rings is 1. The quantitative estimate of drug-likeness (QED) is 0.691. The van der Waals surface area contributed by atoms with Crippen molar-refractivity contribution in [2.45, 2.75) is 45.4 Å². The van der Waals surface area contributed by atoms with E-state index in [4.69, 9.17) is 9.15 Å². The molecule has 1 aromatic heterocycles. The molecule has 154 valence electrons. The van der Waals surface area contributed by atoms with Crippen LogP contribution in [-0.2, 0) is 25.7 Å². The summed E-state index contributed by atoms with van der Waals surface area (Å²) >= 11 is 0. The number of nitrogens with zero attached hydrogens (tertiary/aromatic N) is 1. The lowest BCUT2D eigenvalue weighted by molar-refractivity contribution is -0.148. The fraction of sp³-hybridized carbons (Fsp3) is 0.409. The fourth-order valence-electron chi connectivity index (χ4n) is 3.40. The Bertz CT molecular complexity index is 832. The first-order valence-electron chi connectivity index (χ1n) is 9.77. The van der Waals surface area contributed by atoms with E-state index in [1.807, 2.05) is 30.3 Å². The molecule has 0 radical (unpaired) electrons. The van der Waals surface area contributed by atoms with E-state index in [1.165, 1.54) is 0 Å². The number of ether oxygens (including phenoxy) is 1. The number of carbonyl (C=O) groups excluding carboxylic acids is 3. The number of benzene rings is 1. The zero-order chi connectivity index (χ0) is 20.8. The molecular weight excluding hydrogens is 372 g/mol. The van der Waals surface area contributed by atoms with Crippen molar-refractivity contribution in [2.75, 3.05) is 6.54 Å². The van der Waals surface area contributed by atoms with Gasteiger partial charge < -0.3 is 19.4 Å². The molecule has 7 heteroatoms. The minimum Gasteiger partial charge on any atom is -0.467 e. The van der Waals surface area contributed by atoms with Gasteiger partial charge in [0, 0.05) is 13.0 Å². The van der Waals surface area contributed by atoms with Gasteiger partial charge in [0.15, 0.2) is 0 Å². The molecule has 2 unspecified atom stereocenters. The van der Waals surface area contributed by atoms with Crippen molar-refractivity contribution in [1.29, 1.82) is 0 Å². The summed E-state index contributed by atoms with van der Waals surface area (Å²) in [6, 6.07) is 12.3. The monoisotopic (exact) mass is 398 g/mol. The number of amides is 2. The molecule has 2 atom stereocenters. The summed E-state index contributed by atoms with van der Waals surface area (Å²) < 4.78 is 10.5. The Balaban J connectivity index is 1.64. The minimum atomic E-state index is -0.510. The first-order chi connectivity index (χ1) is 13.9. The molecule has 0 aliphatic carbocycles. The molecule has 1 aliphatic heterocycles. The maximum Gasteiger partial charge on any atom is 0.308 e. The Hall–Kier alpha value is -3.09. The number of hydrogen-bond acceptors (Lipinski definition) is 5. The van der Waals surface area contributed by atoms with E-state index in [2.05, 4.69) is 5.32 Å². The molecule has 0 saturated carbocycles. The number of rotatable bonds is 8. The largest absolute Gasteiger partial charge is 0.467 e. The van der Waals surface area contributed by atoms with Crippen LogP contribution < -0.4 is 5.32 Å². The predicted molar refractivity (Wildman–Crippen MR) is 105 cm³/mol. The normalized spacial score (nSPS) is 17.4. The molecule has 1 N–H and O–H groups in total. The number of hydrogen-bond donors (Lipinski definition) is 1. The lowest BCUT2D eigenvalue weighted by Crippen LogP contribution is -2.36. The van der Waals surface area contributed by atoms with Crippen LogP contribution in [0, 0.1) is 5.92 Å². The molecule has 1 aromatic carbocycles. The number of carbonyl (C=O) groups is 3. The standard InChI is InChI=1S/C22H26N2O5/c1-15(2)29-21(26)12-19(16-7-4-3-5-8-16)23-22(27)17-11-20(25)24(13-17)14-18-9-6-10-28-18/h3-10,15,17,19H,11-14H2,1-2H3,(H,23,27). The second-order valence-corrected chi connectivity index (χ2v) is 7.47. The Labute approximate surface area is 170 Å². The van der Waals surface area contributed by atoms with Gasteiger partial charge in [0.05, 0.1) is 37.3 Å². The zero-order valence-corrected chi connectivity index (χ0v) is 16.7. The van der Waals surface area contributed by atoms with Crippen molar-refractivity contribution in [3.05, 3.63) is 60.1 Å². The molecule has 29 heavy (non-hydrogen) atoms. The van der Waals surface area contributed by atoms with Crippen LogP contribution in [-0.4, -0.2) is 35.3 Å². The molecule has 1 fully saturated rings. The first-order valence-corrected chi connectivity index (χ1v) is 9.77. The smallest absolute Gasteiger partial charge is 0.308 e. The molecule has 2 aromatic rings. The highest BCUT2D eigenvalue weighted by atomic mass is 16.5. The fourth-order valence-corrected chi connectivity index (χ4v) is 3.40. The van der Waals surface area contributed by atoms with Gasteiger partial charge in [-0.15, -0.1) is 0 Å². The van der Waals surface area contributed by atoms with Gasteiger partial charge in [-0.05, 0) is 31.5 Å². The average molecular weight is 398 g/mol. The Morgan fingerprint density at radius 1 is 1.21 bits per heavy atom. The molecule has 2 amide bonds. The van der Waals surface area contributed by atoms with Crippen LogP contribution in [0.1, 0.15) is 44.1 Å². The van der Waals surface area contributed by atoms with Gasteiger partial charge in [-0.3, -0.25) is 14.4 Å². The maximum absolute atomic E-state index is 12.9. The summed E-state index contributed by atoms with van der Waals surface area (Å²) in [6.07, 6.45) is 1.51. The summed E-state index contributed by atoms with van der Waals surface area (Å²) in [7, 11) is 0. The van der Waals surface area contributed by atoms with Crippen LogP contribution in [0.25, 0.3) is 0 Å². The molecule has 0 spiro atoms. The number of esters is 1. The summed E-state index contributed by atoms with van der Waals surface area (Å²) in [5, 5.41) is 2.94. The lowest BCUT2D eigenvalue weighted by atomic mass is 10.0. The summed E-state index contributed by atoms with van der Waals surface area (Å²) in [5.41, 5.74) is 0.818. The number of nitrogens with one attached hydrogen (secondary N) is 1. The van der Waals surface area contributed by atoms with Crippen LogP contribution in [0.4, 0.5) is 0 Å². The second kappa shape index (κ2) is 9.41. The van der Waals surface area contributed by atoms with Gasteiger partial charge in [-0.2, -0.15) is 0 Å². The highest BCUT2D eigenvalue weighted by Crippen LogP contribution is 2.23. The van der Waals surface area contributed by atoms with E-state index in [1.54, 1.807) is 37.1 Å². The SMILES string of the molecule is CC(C)OC(=O)CC(NC(=O)C1CC(=O)N(Cc2ccco2)C1)c1ccccc1. The molecular formula is C22H26N2O5. The van der Waals surface area contributed by atoms with Crippen molar-refractivity contribution in [2.24, 2.45) is 5.92 Å². The van der Waals surface area contributed by atoms with E-state index in [-0.39, 0.29) is 36.7 Å². The molecule has 2 heterocycles. The predicted octanol–water partition coefficient (Wildman–Crippen LogP) is 2.83. The maximum atomic E-state index is 12.9. The van der Waals surface area contributed by atoms with E-state index >= 15 is 0 Å². The molecule has 7 nitrogen and oxygen atoms in total. The summed E-state index contributed by atoms with van der Waals surface area (Å²) in [5.74, 6) is -0.498. The van der Waals surface area contributed by atoms with Crippen LogP contribution in [0.2, 0.25) is 0 Å². The van der Waals surface area contributed by atoms with Gasteiger partial charge in [0.1, 0.15) is 5.76 Å². The topological polar surface area (TPSA) is 88.8 Å². The third kappa shape index (κ3) is 5.70. The van der Waals surface area contributed by atoms with Crippen molar-refractivity contribution < 1.29 is 23.5 Å². The molecule has 1 saturated heterocycles. The van der Waals surface area contributed by atoms with E-state index in [0.29, 0.717) is 18.8 Å². The van der Waals surface area contributed by atoms with Crippen LogP contribution in [0.15, 0.2) is 53.1 Å². The average Bonchev–Trinajstić information content (AvgIpc) is 3.32. The van der Waals surface area contributed by atoms with E-state index in [0.717, 1.165) is 5.56 Å².